The Bertz CT molecular complexity index is 1090. The van der Waals surface area contributed by atoms with Crippen LogP contribution in [0.5, 0.6) is 0 Å². The van der Waals surface area contributed by atoms with E-state index in [2.05, 4.69) is 39.5 Å². The minimum Gasteiger partial charge on any atom is -0.457 e. The quantitative estimate of drug-likeness (QED) is 0.101. The van der Waals surface area contributed by atoms with Crippen molar-refractivity contribution < 1.29 is 30.0 Å². The molecule has 0 aromatic heterocycles. The lowest BCUT2D eigenvalue weighted by Gasteiger charge is -2.32. The third-order valence-electron chi connectivity index (χ3n) is 7.97. The van der Waals surface area contributed by atoms with E-state index in [0.29, 0.717) is 12.8 Å². The number of carbonyl (C=O) groups is 1. The Morgan fingerprint density at radius 3 is 2.11 bits per heavy atom. The Morgan fingerprint density at radius 1 is 0.841 bits per heavy atom. The summed E-state index contributed by atoms with van der Waals surface area (Å²) in [5, 5.41) is 51.9. The van der Waals surface area contributed by atoms with Crippen molar-refractivity contribution in [1.29, 1.82) is 5.41 Å². The molecule has 11 unspecified atom stereocenters. The summed E-state index contributed by atoms with van der Waals surface area (Å²) in [7, 11) is 0. The van der Waals surface area contributed by atoms with Gasteiger partial charge < -0.3 is 30.6 Å². The lowest BCUT2D eigenvalue weighted by molar-refractivity contribution is -0.147. The van der Waals surface area contributed by atoms with E-state index in [1.807, 2.05) is 0 Å². The molecular formula is C37H51NO6. The number of hydrogen-bond acceptors (Lipinski definition) is 7. The van der Waals surface area contributed by atoms with Crippen molar-refractivity contribution in [2.24, 2.45) is 35.5 Å². The molecular weight excluding hydrogens is 554 g/mol. The summed E-state index contributed by atoms with van der Waals surface area (Å²) in [6.45, 7) is 23.0. The van der Waals surface area contributed by atoms with Crippen molar-refractivity contribution in [2.45, 2.75) is 56.2 Å². The summed E-state index contributed by atoms with van der Waals surface area (Å²) in [6, 6.07) is 0. The maximum absolute atomic E-state index is 12.9. The highest BCUT2D eigenvalue weighted by atomic mass is 16.5. The minimum atomic E-state index is -1.03. The van der Waals surface area contributed by atoms with Gasteiger partial charge in [0.1, 0.15) is 6.10 Å². The zero-order valence-corrected chi connectivity index (χ0v) is 25.7. The molecule has 0 aromatic rings. The van der Waals surface area contributed by atoms with Gasteiger partial charge in [-0.05, 0) is 25.2 Å². The number of rotatable bonds is 9. The van der Waals surface area contributed by atoms with Crippen LogP contribution in [-0.2, 0) is 9.53 Å². The summed E-state index contributed by atoms with van der Waals surface area (Å²) in [5.74, 6) is -3.50. The summed E-state index contributed by atoms with van der Waals surface area (Å²) < 4.78 is 5.79. The first-order valence-electron chi connectivity index (χ1n) is 15.0. The Balaban J connectivity index is 3.53. The molecule has 240 valence electrons. The molecule has 1 aliphatic rings. The van der Waals surface area contributed by atoms with Crippen molar-refractivity contribution in [3.8, 4) is 0 Å². The van der Waals surface area contributed by atoms with Gasteiger partial charge in [0, 0.05) is 42.4 Å². The average molecular weight is 606 g/mol. The molecule has 11 atom stereocenters. The van der Waals surface area contributed by atoms with Crippen LogP contribution in [0.15, 0.2) is 125 Å². The molecule has 44 heavy (non-hydrogen) atoms. The average Bonchev–Trinajstić information content (AvgIpc) is 3.01. The van der Waals surface area contributed by atoms with Gasteiger partial charge in [0.25, 0.3) is 0 Å². The van der Waals surface area contributed by atoms with E-state index in [-0.39, 0.29) is 24.7 Å². The summed E-state index contributed by atoms with van der Waals surface area (Å²) in [4.78, 5) is 12.9. The van der Waals surface area contributed by atoms with Crippen molar-refractivity contribution >= 4 is 12.2 Å². The van der Waals surface area contributed by atoms with E-state index < -0.39 is 60.2 Å². The van der Waals surface area contributed by atoms with E-state index in [4.69, 9.17) is 10.1 Å². The van der Waals surface area contributed by atoms with Crippen LogP contribution in [0.25, 0.3) is 0 Å². The van der Waals surface area contributed by atoms with Gasteiger partial charge in [0.15, 0.2) is 0 Å². The van der Waals surface area contributed by atoms with Crippen LogP contribution >= 0.6 is 0 Å². The molecule has 7 heteroatoms. The van der Waals surface area contributed by atoms with Crippen LogP contribution in [0.3, 0.4) is 0 Å². The maximum Gasteiger partial charge on any atom is 0.331 e. The van der Waals surface area contributed by atoms with Gasteiger partial charge in [-0.15, -0.1) is 32.9 Å². The van der Waals surface area contributed by atoms with E-state index in [1.165, 1.54) is 24.3 Å². The molecule has 0 spiro atoms. The SMILES string of the molecule is C=C/C=C\C(C=C)C1OC(=O)C=C/C=C/C(C=C)C(O)CC(O)/C=C\C(C=C)C(O)C(C=C)CC(C=C)CCC(O)C1C=N. The molecule has 1 aliphatic heterocycles. The highest BCUT2D eigenvalue weighted by molar-refractivity contribution is 5.82. The van der Waals surface area contributed by atoms with Crippen molar-refractivity contribution in [1.82, 2.24) is 0 Å². The standard InChI is InChI=1S/C37H51NO6/c1-7-13-16-29(11-5)37-32(25-38)33(40)22-19-26(8-2)23-30(12-6)36(43)28(10-4)20-21-31(39)24-34(41)27(9-3)17-14-15-18-35(42)44-37/h7-18,20-21,25-34,36-41,43H,1-6,19,22-24H2/b16-13-,17-14+,18-15?,21-20-,38-25?. The predicted molar refractivity (Wildman–Crippen MR) is 180 cm³/mol. The number of aliphatic hydroxyl groups excluding tert-OH is 4. The lowest BCUT2D eigenvalue weighted by atomic mass is 9.80. The molecule has 1 heterocycles. The van der Waals surface area contributed by atoms with E-state index in [0.717, 1.165) is 6.21 Å². The third-order valence-corrected chi connectivity index (χ3v) is 7.97. The predicted octanol–water partition coefficient (Wildman–Crippen LogP) is 5.60. The number of carbonyl (C=O) groups excluding carboxylic acids is 1. The first-order chi connectivity index (χ1) is 21.1. The van der Waals surface area contributed by atoms with Crippen LogP contribution in [-0.4, -0.2) is 63.1 Å². The number of hydrogen-bond donors (Lipinski definition) is 5. The summed E-state index contributed by atoms with van der Waals surface area (Å²) in [5.41, 5.74) is 0. The molecule has 5 N–H and O–H groups in total. The van der Waals surface area contributed by atoms with E-state index >= 15 is 0 Å². The molecule has 0 bridgehead atoms. The number of esters is 1. The second-order valence-corrected chi connectivity index (χ2v) is 11.0. The fraction of sp³-hybridized carbons (Fsp3) is 0.405. The second-order valence-electron chi connectivity index (χ2n) is 11.0. The van der Waals surface area contributed by atoms with Gasteiger partial charge in [-0.3, -0.25) is 0 Å². The zero-order chi connectivity index (χ0) is 33.1. The third kappa shape index (κ3) is 12.5. The Morgan fingerprint density at radius 2 is 1.55 bits per heavy atom. The lowest BCUT2D eigenvalue weighted by Crippen LogP contribution is -2.40. The number of allylic oxidation sites excluding steroid dienone is 5. The van der Waals surface area contributed by atoms with Gasteiger partial charge in [0.2, 0.25) is 0 Å². The van der Waals surface area contributed by atoms with Crippen LogP contribution in [0.4, 0.5) is 0 Å². The van der Waals surface area contributed by atoms with Crippen LogP contribution in [0.2, 0.25) is 0 Å². The smallest absolute Gasteiger partial charge is 0.331 e. The van der Waals surface area contributed by atoms with Crippen LogP contribution < -0.4 is 0 Å². The minimum absolute atomic E-state index is 0.0167. The molecule has 7 nitrogen and oxygen atoms in total. The number of ether oxygens (including phenoxy) is 1. The van der Waals surface area contributed by atoms with Gasteiger partial charge in [-0.1, -0.05) is 85.6 Å². The Kier molecular flexibility index (Phi) is 18.5. The molecule has 0 radical (unpaired) electrons. The van der Waals surface area contributed by atoms with Crippen molar-refractivity contribution in [2.75, 3.05) is 0 Å². The molecule has 0 saturated carbocycles. The molecule has 0 saturated heterocycles. The van der Waals surface area contributed by atoms with Gasteiger partial charge in [0.05, 0.1) is 30.3 Å². The number of aliphatic hydroxyl groups is 4. The molecule has 1 rings (SSSR count). The van der Waals surface area contributed by atoms with E-state index in [9.17, 15) is 25.2 Å². The highest BCUT2D eigenvalue weighted by Crippen LogP contribution is 2.30. The van der Waals surface area contributed by atoms with Crippen molar-refractivity contribution in [3.63, 3.8) is 0 Å². The van der Waals surface area contributed by atoms with Gasteiger partial charge in [-0.25, -0.2) is 4.79 Å². The fourth-order valence-electron chi connectivity index (χ4n) is 5.22. The van der Waals surface area contributed by atoms with Crippen LogP contribution in [0.1, 0.15) is 25.7 Å². The van der Waals surface area contributed by atoms with Gasteiger partial charge >= 0.3 is 5.97 Å². The molecule has 0 aromatic carbocycles. The Hall–Kier alpha value is -3.62. The maximum atomic E-state index is 12.9. The molecule has 0 amide bonds. The summed E-state index contributed by atoms with van der Waals surface area (Å²) >= 11 is 0. The van der Waals surface area contributed by atoms with Crippen molar-refractivity contribution in [3.05, 3.63) is 125 Å². The first-order valence-corrected chi connectivity index (χ1v) is 15.0. The van der Waals surface area contributed by atoms with Crippen LogP contribution in [0, 0.1) is 40.9 Å². The molecule has 0 fully saturated rings. The largest absolute Gasteiger partial charge is 0.457 e. The fourth-order valence-corrected chi connectivity index (χ4v) is 5.22. The molecule has 0 aliphatic carbocycles. The highest BCUT2D eigenvalue weighted by Gasteiger charge is 2.34. The second kappa shape index (κ2) is 21.1. The van der Waals surface area contributed by atoms with E-state index in [1.54, 1.807) is 60.8 Å². The topological polar surface area (TPSA) is 131 Å². The normalized spacial score (nSPS) is 35.4. The van der Waals surface area contributed by atoms with Gasteiger partial charge in [-0.2, -0.15) is 0 Å². The monoisotopic (exact) mass is 605 g/mol. The Labute approximate surface area is 263 Å². The number of cyclic esters (lactones) is 1. The summed E-state index contributed by atoms with van der Waals surface area (Å²) in [6.07, 6.45) is 19.8. The first kappa shape index (κ1) is 38.4. The number of nitrogens with one attached hydrogen (secondary N) is 1. The zero-order valence-electron chi connectivity index (χ0n) is 25.7.